The summed E-state index contributed by atoms with van der Waals surface area (Å²) in [5.74, 6) is -1.74. The fraction of sp³-hybridized carbons (Fsp3) is 0.368. The van der Waals surface area contributed by atoms with Crippen LogP contribution in [0.15, 0.2) is 36.4 Å². The van der Waals surface area contributed by atoms with Gasteiger partial charge in [0.15, 0.2) is 0 Å². The Bertz CT molecular complexity index is 808. The van der Waals surface area contributed by atoms with Gasteiger partial charge in [0.1, 0.15) is 16.9 Å². The first-order valence-corrected chi connectivity index (χ1v) is 7.84. The Hall–Kier alpha value is -2.40. The van der Waals surface area contributed by atoms with Crippen molar-refractivity contribution in [3.63, 3.8) is 0 Å². The predicted molar refractivity (Wildman–Crippen MR) is 85.9 cm³/mol. The van der Waals surface area contributed by atoms with Gasteiger partial charge in [0.2, 0.25) is 0 Å². The van der Waals surface area contributed by atoms with E-state index in [4.69, 9.17) is 14.2 Å². The van der Waals surface area contributed by atoms with Crippen molar-refractivity contribution in [1.29, 1.82) is 0 Å². The lowest BCUT2D eigenvalue weighted by Crippen LogP contribution is -2.54. The zero-order valence-electron chi connectivity index (χ0n) is 13.7. The Labute approximate surface area is 139 Å². The molecule has 0 aromatic heterocycles. The van der Waals surface area contributed by atoms with Gasteiger partial charge >= 0.3 is 11.9 Å². The first-order chi connectivity index (χ1) is 11.5. The second kappa shape index (κ2) is 4.80. The molecule has 1 aliphatic carbocycles. The normalized spacial score (nSPS) is 34.6. The van der Waals surface area contributed by atoms with E-state index in [1.165, 1.54) is 14.2 Å². The summed E-state index contributed by atoms with van der Waals surface area (Å²) in [5.41, 5.74) is 0.584. The first-order valence-electron chi connectivity index (χ1n) is 7.84. The minimum absolute atomic E-state index is 0.474. The van der Waals surface area contributed by atoms with E-state index in [-0.39, 0.29) is 0 Å². The summed E-state index contributed by atoms with van der Waals surface area (Å²) < 4.78 is 16.4. The highest BCUT2D eigenvalue weighted by molar-refractivity contribution is 5.94. The Kier molecular flexibility index (Phi) is 3.03. The van der Waals surface area contributed by atoms with Crippen LogP contribution in [0.4, 0.5) is 0 Å². The molecule has 0 saturated carbocycles. The van der Waals surface area contributed by atoms with E-state index in [1.54, 1.807) is 6.08 Å². The van der Waals surface area contributed by atoms with Gasteiger partial charge in [0, 0.05) is 0 Å². The Morgan fingerprint density at radius 3 is 2.67 bits per heavy atom. The third-order valence-electron chi connectivity index (χ3n) is 5.46. The fourth-order valence-electron chi connectivity index (χ4n) is 4.53. The van der Waals surface area contributed by atoms with Gasteiger partial charge in [-0.2, -0.15) is 0 Å². The Morgan fingerprint density at radius 1 is 1.17 bits per heavy atom. The van der Waals surface area contributed by atoms with Crippen LogP contribution in [0.3, 0.4) is 0 Å². The van der Waals surface area contributed by atoms with E-state index in [0.717, 1.165) is 16.7 Å². The van der Waals surface area contributed by atoms with E-state index >= 15 is 0 Å². The van der Waals surface area contributed by atoms with Gasteiger partial charge in [-0.05, 0) is 29.7 Å². The first kappa shape index (κ1) is 15.1. The van der Waals surface area contributed by atoms with Crippen LogP contribution in [0.2, 0.25) is 0 Å². The van der Waals surface area contributed by atoms with E-state index in [0.29, 0.717) is 0 Å². The number of methoxy groups -OCH3 is 2. The maximum atomic E-state index is 12.9. The standard InChI is InChI=1S/C19H18O5/c1-11-5-4-6-12-7-9-18(17(21)23-3)15(16(20)22-2)13-8-10-19(18,24-13)14(11)12/h4-10,13,15H,1-3H3/t13-,15-,18-,19-/m1/s1. The van der Waals surface area contributed by atoms with Crippen LogP contribution in [0.5, 0.6) is 0 Å². The van der Waals surface area contributed by atoms with Crippen molar-refractivity contribution in [2.75, 3.05) is 14.2 Å². The van der Waals surface area contributed by atoms with Gasteiger partial charge < -0.3 is 14.2 Å². The molecule has 4 atom stereocenters. The van der Waals surface area contributed by atoms with Crippen molar-refractivity contribution in [3.8, 4) is 0 Å². The van der Waals surface area contributed by atoms with Crippen molar-refractivity contribution < 1.29 is 23.8 Å². The largest absolute Gasteiger partial charge is 0.469 e. The van der Waals surface area contributed by atoms with E-state index in [9.17, 15) is 9.59 Å². The van der Waals surface area contributed by atoms with Gasteiger partial charge in [0.05, 0.1) is 20.3 Å². The van der Waals surface area contributed by atoms with Gasteiger partial charge in [-0.1, -0.05) is 36.4 Å². The van der Waals surface area contributed by atoms with Crippen molar-refractivity contribution >= 4 is 18.0 Å². The average molecular weight is 326 g/mol. The number of fused-ring (bicyclic) bond motifs is 2. The van der Waals surface area contributed by atoms with Crippen LogP contribution >= 0.6 is 0 Å². The summed E-state index contributed by atoms with van der Waals surface area (Å²) in [6, 6.07) is 5.92. The summed E-state index contributed by atoms with van der Waals surface area (Å²) >= 11 is 0. The van der Waals surface area contributed by atoms with Crippen molar-refractivity contribution in [2.45, 2.75) is 18.6 Å². The van der Waals surface area contributed by atoms with Crippen LogP contribution in [-0.4, -0.2) is 32.3 Å². The monoisotopic (exact) mass is 326 g/mol. The van der Waals surface area contributed by atoms with Gasteiger partial charge in [-0.25, -0.2) is 0 Å². The number of hydrogen-bond acceptors (Lipinski definition) is 5. The summed E-state index contributed by atoms with van der Waals surface area (Å²) in [4.78, 5) is 25.4. The number of hydrogen-bond donors (Lipinski definition) is 0. The maximum Gasteiger partial charge on any atom is 0.320 e. The second-order valence-electron chi connectivity index (χ2n) is 6.41. The average Bonchev–Trinajstić information content (AvgIpc) is 3.14. The lowest BCUT2D eigenvalue weighted by Gasteiger charge is -2.44. The molecule has 4 rings (SSSR count). The molecule has 1 aromatic carbocycles. The van der Waals surface area contributed by atoms with Crippen LogP contribution < -0.4 is 0 Å². The molecule has 2 heterocycles. The molecule has 0 N–H and O–H groups in total. The van der Waals surface area contributed by atoms with E-state index < -0.39 is 35.0 Å². The number of aryl methyl sites for hydroxylation is 1. The number of rotatable bonds is 2. The molecule has 5 heteroatoms. The minimum Gasteiger partial charge on any atom is -0.469 e. The number of esters is 2. The van der Waals surface area contributed by atoms with Crippen LogP contribution in [0.1, 0.15) is 16.7 Å². The zero-order chi connectivity index (χ0) is 17.1. The van der Waals surface area contributed by atoms with Crippen LogP contribution in [0, 0.1) is 18.3 Å². The summed E-state index contributed by atoms with van der Waals surface area (Å²) in [5, 5.41) is 0. The highest BCUT2D eigenvalue weighted by atomic mass is 16.6. The molecule has 0 radical (unpaired) electrons. The molecule has 0 amide bonds. The van der Waals surface area contributed by atoms with Crippen molar-refractivity contribution in [2.24, 2.45) is 11.3 Å². The lowest BCUT2D eigenvalue weighted by atomic mass is 9.56. The lowest BCUT2D eigenvalue weighted by molar-refractivity contribution is -0.165. The van der Waals surface area contributed by atoms with Gasteiger partial charge in [0.25, 0.3) is 0 Å². The molecule has 124 valence electrons. The van der Waals surface area contributed by atoms with Crippen molar-refractivity contribution in [1.82, 2.24) is 0 Å². The molecule has 1 saturated heterocycles. The molecule has 3 aliphatic rings. The van der Waals surface area contributed by atoms with Gasteiger partial charge in [-0.15, -0.1) is 0 Å². The van der Waals surface area contributed by atoms with E-state index in [1.807, 2.05) is 43.4 Å². The molecule has 2 aliphatic heterocycles. The Balaban J connectivity index is 2.05. The smallest absolute Gasteiger partial charge is 0.320 e. The summed E-state index contributed by atoms with van der Waals surface area (Å²) in [6.45, 7) is 1.98. The number of benzene rings is 1. The number of carbonyl (C=O) groups is 2. The third-order valence-corrected chi connectivity index (χ3v) is 5.46. The molecule has 2 bridgehead atoms. The van der Waals surface area contributed by atoms with Gasteiger partial charge in [-0.3, -0.25) is 9.59 Å². The molecular weight excluding hydrogens is 308 g/mol. The number of ether oxygens (including phenoxy) is 3. The molecular formula is C19H18O5. The van der Waals surface area contributed by atoms with Crippen molar-refractivity contribution in [3.05, 3.63) is 53.1 Å². The molecule has 24 heavy (non-hydrogen) atoms. The number of carbonyl (C=O) groups excluding carboxylic acids is 2. The van der Waals surface area contributed by atoms with Crippen LogP contribution in [0.25, 0.3) is 6.08 Å². The molecule has 1 aromatic rings. The van der Waals surface area contributed by atoms with Crippen LogP contribution in [-0.2, 0) is 29.4 Å². The predicted octanol–water partition coefficient (Wildman–Crippen LogP) is 2.13. The Morgan fingerprint density at radius 2 is 1.96 bits per heavy atom. The second-order valence-corrected chi connectivity index (χ2v) is 6.41. The highest BCUT2D eigenvalue weighted by Crippen LogP contribution is 2.65. The fourth-order valence-corrected chi connectivity index (χ4v) is 4.53. The molecule has 1 spiro atoms. The maximum absolute atomic E-state index is 12.9. The molecule has 1 fully saturated rings. The minimum atomic E-state index is -1.26. The highest BCUT2D eigenvalue weighted by Gasteiger charge is 2.74. The zero-order valence-corrected chi connectivity index (χ0v) is 13.7. The van der Waals surface area contributed by atoms with E-state index in [2.05, 4.69) is 0 Å². The summed E-state index contributed by atoms with van der Waals surface area (Å²) in [6.07, 6.45) is 6.85. The topological polar surface area (TPSA) is 61.8 Å². The summed E-state index contributed by atoms with van der Waals surface area (Å²) in [7, 11) is 2.65. The quantitative estimate of drug-likeness (QED) is 0.615. The SMILES string of the molecule is COC(=O)[C@H]1[C@H]2C=C[C@@]3(O2)c2c(C)cccc2C=C[C@]13C(=O)OC. The molecule has 0 unspecified atom stereocenters. The third kappa shape index (κ3) is 1.48. The molecule has 5 nitrogen and oxygen atoms in total.